The lowest BCUT2D eigenvalue weighted by Gasteiger charge is -2.10. The van der Waals surface area contributed by atoms with Gasteiger partial charge in [0.2, 0.25) is 0 Å². The minimum atomic E-state index is -4.68. The summed E-state index contributed by atoms with van der Waals surface area (Å²) in [4.78, 5) is 12.3. The smallest absolute Gasteiger partial charge is 0.319 e. The molecule has 4 nitrogen and oxygen atoms in total. The number of hydrogen-bond donors (Lipinski definition) is 1. The van der Waals surface area contributed by atoms with Gasteiger partial charge in [0.05, 0.1) is 5.69 Å². The van der Waals surface area contributed by atoms with Crippen LogP contribution in [-0.4, -0.2) is 15.7 Å². The molecule has 0 unspecified atom stereocenters. The van der Waals surface area contributed by atoms with E-state index in [1.54, 1.807) is 0 Å². The number of nitrogens with zero attached hydrogens (tertiary/aromatic N) is 2. The van der Waals surface area contributed by atoms with Gasteiger partial charge in [-0.1, -0.05) is 6.07 Å². The number of nitrogens with one attached hydrogen (secondary N) is 1. The van der Waals surface area contributed by atoms with Gasteiger partial charge >= 0.3 is 6.18 Å². The van der Waals surface area contributed by atoms with Gasteiger partial charge in [0.25, 0.3) is 5.91 Å². The van der Waals surface area contributed by atoms with Gasteiger partial charge in [-0.25, -0.2) is 17.9 Å². The summed E-state index contributed by atoms with van der Waals surface area (Å²) in [5.41, 5.74) is -1.80. The SMILES string of the molecule is O=C(Nc1cccc(F)c1F)c1ccc(-n2nc(C(F)(F)F)cc2C2CC2)c(F)c1. The number of alkyl halides is 3. The fraction of sp³-hybridized carbons (Fsp3) is 0.200. The van der Waals surface area contributed by atoms with E-state index in [9.17, 15) is 31.1 Å². The van der Waals surface area contributed by atoms with Crippen LogP contribution in [0.5, 0.6) is 0 Å². The molecular formula is C20H13F6N3O. The Kier molecular flexibility index (Phi) is 4.79. The Bertz CT molecular complexity index is 1130. The highest BCUT2D eigenvalue weighted by Crippen LogP contribution is 2.43. The fourth-order valence-electron chi connectivity index (χ4n) is 3.01. The van der Waals surface area contributed by atoms with Crippen molar-refractivity contribution in [3.63, 3.8) is 0 Å². The van der Waals surface area contributed by atoms with Crippen LogP contribution in [-0.2, 0) is 6.18 Å². The molecule has 3 aromatic rings. The lowest BCUT2D eigenvalue weighted by Crippen LogP contribution is -2.14. The Balaban J connectivity index is 1.65. The maximum atomic E-state index is 14.7. The molecule has 30 heavy (non-hydrogen) atoms. The maximum absolute atomic E-state index is 14.7. The van der Waals surface area contributed by atoms with E-state index in [0.717, 1.165) is 41.1 Å². The normalized spacial score (nSPS) is 14.1. The van der Waals surface area contributed by atoms with Crippen LogP contribution in [0.4, 0.5) is 32.0 Å². The summed E-state index contributed by atoms with van der Waals surface area (Å²) in [7, 11) is 0. The molecule has 1 aliphatic rings. The highest BCUT2D eigenvalue weighted by molar-refractivity contribution is 6.04. The summed E-state index contributed by atoms with van der Waals surface area (Å²) in [6, 6.07) is 7.16. The second kappa shape index (κ2) is 7.19. The lowest BCUT2D eigenvalue weighted by atomic mass is 10.1. The van der Waals surface area contributed by atoms with Gasteiger partial charge in [0.1, 0.15) is 11.5 Å². The molecule has 1 amide bonds. The van der Waals surface area contributed by atoms with E-state index >= 15 is 0 Å². The average molecular weight is 425 g/mol. The second-order valence-electron chi connectivity index (χ2n) is 6.86. The summed E-state index contributed by atoms with van der Waals surface area (Å²) >= 11 is 0. The van der Waals surface area contributed by atoms with Gasteiger partial charge in [-0.15, -0.1) is 0 Å². The van der Waals surface area contributed by atoms with Crippen molar-refractivity contribution >= 4 is 11.6 Å². The van der Waals surface area contributed by atoms with E-state index in [1.165, 1.54) is 6.07 Å². The van der Waals surface area contributed by atoms with Crippen molar-refractivity contribution in [3.8, 4) is 5.69 Å². The van der Waals surface area contributed by atoms with Gasteiger partial charge in [0, 0.05) is 17.2 Å². The van der Waals surface area contributed by atoms with Gasteiger partial charge in [0.15, 0.2) is 17.3 Å². The van der Waals surface area contributed by atoms with Gasteiger partial charge in [-0.05, 0) is 49.2 Å². The Morgan fingerprint density at radius 1 is 1.03 bits per heavy atom. The van der Waals surface area contributed by atoms with E-state index in [0.29, 0.717) is 12.8 Å². The Morgan fingerprint density at radius 2 is 1.77 bits per heavy atom. The van der Waals surface area contributed by atoms with Crippen LogP contribution in [0, 0.1) is 17.5 Å². The van der Waals surface area contributed by atoms with Crippen LogP contribution in [0.2, 0.25) is 0 Å². The number of carbonyl (C=O) groups is 1. The van der Waals surface area contributed by atoms with E-state index in [-0.39, 0.29) is 22.9 Å². The van der Waals surface area contributed by atoms with Crippen LogP contribution in [0.25, 0.3) is 5.69 Å². The molecule has 156 valence electrons. The van der Waals surface area contributed by atoms with Crippen molar-refractivity contribution in [2.75, 3.05) is 5.32 Å². The molecule has 1 N–H and O–H groups in total. The third-order valence-corrected chi connectivity index (χ3v) is 4.66. The monoisotopic (exact) mass is 425 g/mol. The van der Waals surface area contributed by atoms with Crippen molar-refractivity contribution in [1.29, 1.82) is 0 Å². The van der Waals surface area contributed by atoms with Crippen molar-refractivity contribution < 1.29 is 31.1 Å². The molecule has 1 aliphatic carbocycles. The Labute approximate surface area is 166 Å². The molecule has 0 atom stereocenters. The van der Waals surface area contributed by atoms with E-state index in [2.05, 4.69) is 10.4 Å². The Hall–Kier alpha value is -3.30. The zero-order chi connectivity index (χ0) is 21.6. The molecule has 1 heterocycles. The third kappa shape index (κ3) is 3.77. The molecule has 0 spiro atoms. The number of rotatable bonds is 4. The minimum Gasteiger partial charge on any atom is -0.319 e. The first-order chi connectivity index (χ1) is 14.1. The highest BCUT2D eigenvalue weighted by Gasteiger charge is 2.38. The fourth-order valence-corrected chi connectivity index (χ4v) is 3.01. The number of carbonyl (C=O) groups excluding carboxylic acids is 1. The largest absolute Gasteiger partial charge is 0.435 e. The first-order valence-corrected chi connectivity index (χ1v) is 8.87. The Morgan fingerprint density at radius 3 is 2.40 bits per heavy atom. The molecule has 1 aromatic heterocycles. The first kappa shape index (κ1) is 20.0. The molecule has 0 bridgehead atoms. The molecule has 1 fully saturated rings. The summed E-state index contributed by atoms with van der Waals surface area (Å²) in [5, 5.41) is 5.62. The van der Waals surface area contributed by atoms with Gasteiger partial charge in [-0.3, -0.25) is 4.79 Å². The number of aromatic nitrogens is 2. The number of anilines is 1. The van der Waals surface area contributed by atoms with Crippen LogP contribution in [0.3, 0.4) is 0 Å². The molecule has 1 saturated carbocycles. The molecule has 0 aliphatic heterocycles. The summed E-state index contributed by atoms with van der Waals surface area (Å²) < 4.78 is 81.7. The predicted molar refractivity (Wildman–Crippen MR) is 94.8 cm³/mol. The van der Waals surface area contributed by atoms with Gasteiger partial charge < -0.3 is 5.32 Å². The van der Waals surface area contributed by atoms with Crippen molar-refractivity contribution in [1.82, 2.24) is 9.78 Å². The zero-order valence-corrected chi connectivity index (χ0v) is 15.1. The van der Waals surface area contributed by atoms with Crippen LogP contribution in [0.15, 0.2) is 42.5 Å². The molecular weight excluding hydrogens is 412 g/mol. The summed E-state index contributed by atoms with van der Waals surface area (Å²) in [6.45, 7) is 0. The molecule has 4 rings (SSSR count). The lowest BCUT2D eigenvalue weighted by molar-refractivity contribution is -0.141. The molecule has 10 heteroatoms. The topological polar surface area (TPSA) is 46.9 Å². The minimum absolute atomic E-state index is 0.146. The standard InChI is InChI=1S/C20H13F6N3O/c21-12-2-1-3-14(18(12)23)27-19(30)11-6-7-15(13(22)8-11)29-16(10-4-5-10)9-17(28-29)20(24,25)26/h1-3,6-10H,4-5H2,(H,27,30). The highest BCUT2D eigenvalue weighted by atomic mass is 19.4. The predicted octanol–water partition coefficient (Wildman–Crippen LogP) is 5.44. The van der Waals surface area contributed by atoms with Gasteiger partial charge in [-0.2, -0.15) is 18.3 Å². The van der Waals surface area contributed by atoms with Crippen LogP contribution >= 0.6 is 0 Å². The van der Waals surface area contributed by atoms with E-state index in [1.807, 2.05) is 0 Å². The maximum Gasteiger partial charge on any atom is 0.435 e. The number of hydrogen-bond acceptors (Lipinski definition) is 2. The van der Waals surface area contributed by atoms with E-state index in [4.69, 9.17) is 0 Å². The number of amides is 1. The van der Waals surface area contributed by atoms with Crippen molar-refractivity contribution in [2.45, 2.75) is 24.9 Å². The van der Waals surface area contributed by atoms with Crippen molar-refractivity contribution in [3.05, 3.63) is 76.9 Å². The van der Waals surface area contributed by atoms with Crippen LogP contribution in [0.1, 0.15) is 40.5 Å². The zero-order valence-electron chi connectivity index (χ0n) is 15.1. The van der Waals surface area contributed by atoms with Crippen LogP contribution < -0.4 is 5.32 Å². The van der Waals surface area contributed by atoms with Crippen molar-refractivity contribution in [2.24, 2.45) is 0 Å². The summed E-state index contributed by atoms with van der Waals surface area (Å²) in [5.74, 6) is -4.48. The quantitative estimate of drug-likeness (QED) is 0.566. The number of halogens is 6. The molecule has 2 aromatic carbocycles. The first-order valence-electron chi connectivity index (χ1n) is 8.87. The van der Waals surface area contributed by atoms with E-state index < -0.39 is 40.9 Å². The second-order valence-corrected chi connectivity index (χ2v) is 6.86. The number of benzene rings is 2. The average Bonchev–Trinajstić information content (AvgIpc) is 3.42. The molecule has 0 saturated heterocycles. The summed E-state index contributed by atoms with van der Waals surface area (Å²) in [6.07, 6.45) is -3.34. The third-order valence-electron chi connectivity index (χ3n) is 4.66. The molecule has 0 radical (unpaired) electrons.